The highest BCUT2D eigenvalue weighted by atomic mass is 19.1. The number of anilines is 1. The maximum absolute atomic E-state index is 13.3. The van der Waals surface area contributed by atoms with Gasteiger partial charge in [0.05, 0.1) is 11.2 Å². The summed E-state index contributed by atoms with van der Waals surface area (Å²) in [5, 5.41) is 0.524. The van der Waals surface area contributed by atoms with E-state index in [9.17, 15) is 18.8 Å². The second-order valence-corrected chi connectivity index (χ2v) is 6.49. The van der Waals surface area contributed by atoms with Crippen LogP contribution in [0.15, 0.2) is 64.2 Å². The number of nitrogens with zero attached hydrogens (tertiary/aromatic N) is 2. The lowest BCUT2D eigenvalue weighted by Gasteiger charge is -2.11. The molecule has 0 aliphatic carbocycles. The minimum Gasteiger partial charge on any atom is -0.384 e. The number of fused-ring (bicyclic) bond motifs is 1. The zero-order valence-electron chi connectivity index (χ0n) is 15.3. The molecule has 2 aromatic carbocycles. The molecule has 0 bridgehead atoms. The molecule has 2 aromatic heterocycles. The monoisotopic (exact) mass is 390 g/mol. The Kier molecular flexibility index (Phi) is 4.31. The molecule has 8 heteroatoms. The highest BCUT2D eigenvalue weighted by Gasteiger charge is 2.22. The van der Waals surface area contributed by atoms with Crippen molar-refractivity contribution in [3.8, 4) is 11.3 Å². The Morgan fingerprint density at radius 2 is 1.79 bits per heavy atom. The van der Waals surface area contributed by atoms with Crippen LogP contribution >= 0.6 is 0 Å². The van der Waals surface area contributed by atoms with Crippen LogP contribution in [0, 0.1) is 5.82 Å². The molecule has 144 valence electrons. The van der Waals surface area contributed by atoms with E-state index in [1.165, 1.54) is 25.2 Å². The van der Waals surface area contributed by atoms with Crippen molar-refractivity contribution in [2.75, 3.05) is 5.73 Å². The van der Waals surface area contributed by atoms with Gasteiger partial charge in [0.15, 0.2) is 0 Å². The van der Waals surface area contributed by atoms with Gasteiger partial charge < -0.3 is 5.73 Å². The van der Waals surface area contributed by atoms with Crippen LogP contribution in [0.25, 0.3) is 22.2 Å². The van der Waals surface area contributed by atoms with Gasteiger partial charge in [-0.1, -0.05) is 18.2 Å². The van der Waals surface area contributed by atoms with Crippen molar-refractivity contribution in [1.82, 2.24) is 14.5 Å². The molecule has 0 amide bonds. The SMILES string of the molecule is Cn1c(N)c(C(=O)c2cc(-c3ccc(F)cc3)nc3ccccc23)c(=O)[nH]c1=O. The van der Waals surface area contributed by atoms with E-state index in [0.717, 1.165) is 4.57 Å². The van der Waals surface area contributed by atoms with E-state index in [2.05, 4.69) is 9.97 Å². The third-order valence-corrected chi connectivity index (χ3v) is 4.70. The molecular formula is C21H15FN4O3. The molecule has 3 N–H and O–H groups in total. The van der Waals surface area contributed by atoms with Gasteiger partial charge in [-0.3, -0.25) is 19.1 Å². The van der Waals surface area contributed by atoms with E-state index in [4.69, 9.17) is 5.73 Å². The maximum Gasteiger partial charge on any atom is 0.329 e. The Morgan fingerprint density at radius 3 is 2.52 bits per heavy atom. The van der Waals surface area contributed by atoms with Crippen LogP contribution < -0.4 is 17.0 Å². The van der Waals surface area contributed by atoms with Gasteiger partial charge in [-0.05, 0) is 36.4 Å². The molecule has 4 aromatic rings. The number of benzene rings is 2. The number of nitrogens with one attached hydrogen (secondary N) is 1. The summed E-state index contributed by atoms with van der Waals surface area (Å²) < 4.78 is 14.3. The normalized spacial score (nSPS) is 11.0. The number of aromatic amines is 1. The van der Waals surface area contributed by atoms with Crippen LogP contribution in [0.2, 0.25) is 0 Å². The van der Waals surface area contributed by atoms with Gasteiger partial charge in [-0.2, -0.15) is 0 Å². The van der Waals surface area contributed by atoms with Crippen LogP contribution in [0.5, 0.6) is 0 Å². The van der Waals surface area contributed by atoms with Crippen molar-refractivity contribution in [3.63, 3.8) is 0 Å². The summed E-state index contributed by atoms with van der Waals surface area (Å²) in [7, 11) is 1.36. The Morgan fingerprint density at radius 1 is 1.10 bits per heavy atom. The molecule has 0 fully saturated rings. The topological polar surface area (TPSA) is 111 Å². The number of pyridine rings is 1. The number of carbonyl (C=O) groups is 1. The van der Waals surface area contributed by atoms with Crippen LogP contribution in [0.3, 0.4) is 0 Å². The Bertz CT molecular complexity index is 1390. The lowest BCUT2D eigenvalue weighted by molar-refractivity contribution is 0.103. The summed E-state index contributed by atoms with van der Waals surface area (Å²) in [6.07, 6.45) is 0. The van der Waals surface area contributed by atoms with E-state index < -0.39 is 22.8 Å². The molecule has 0 atom stereocenters. The van der Waals surface area contributed by atoms with Crippen LogP contribution in [-0.4, -0.2) is 20.3 Å². The average molecular weight is 390 g/mol. The van der Waals surface area contributed by atoms with E-state index in [1.807, 2.05) is 0 Å². The zero-order valence-corrected chi connectivity index (χ0v) is 15.3. The first-order chi connectivity index (χ1) is 13.9. The fourth-order valence-electron chi connectivity index (χ4n) is 3.12. The molecule has 4 rings (SSSR count). The highest BCUT2D eigenvalue weighted by molar-refractivity contribution is 6.18. The number of H-pyrrole nitrogens is 1. The zero-order chi connectivity index (χ0) is 20.7. The largest absolute Gasteiger partial charge is 0.384 e. The van der Waals surface area contributed by atoms with Crippen LogP contribution in [-0.2, 0) is 7.05 Å². The lowest BCUT2D eigenvalue weighted by Crippen LogP contribution is -2.35. The van der Waals surface area contributed by atoms with Crippen molar-refractivity contribution in [1.29, 1.82) is 0 Å². The number of para-hydroxylation sites is 1. The molecule has 0 unspecified atom stereocenters. The first-order valence-electron chi connectivity index (χ1n) is 8.66. The molecule has 0 aliphatic heterocycles. The van der Waals surface area contributed by atoms with Crippen molar-refractivity contribution >= 4 is 22.5 Å². The second kappa shape index (κ2) is 6.83. The average Bonchev–Trinajstić information content (AvgIpc) is 2.71. The maximum atomic E-state index is 13.3. The number of aromatic nitrogens is 3. The molecule has 0 aliphatic rings. The summed E-state index contributed by atoms with van der Waals surface area (Å²) in [6, 6.07) is 14.2. The molecular weight excluding hydrogens is 375 g/mol. The Labute approximate surface area is 163 Å². The third kappa shape index (κ3) is 3.10. The van der Waals surface area contributed by atoms with Crippen molar-refractivity contribution in [2.45, 2.75) is 0 Å². The fourth-order valence-corrected chi connectivity index (χ4v) is 3.12. The lowest BCUT2D eigenvalue weighted by atomic mass is 9.98. The molecule has 7 nitrogen and oxygen atoms in total. The van der Waals surface area contributed by atoms with Gasteiger partial charge in [0.1, 0.15) is 17.2 Å². The number of rotatable bonds is 3. The molecule has 0 radical (unpaired) electrons. The highest BCUT2D eigenvalue weighted by Crippen LogP contribution is 2.27. The smallest absolute Gasteiger partial charge is 0.329 e. The van der Waals surface area contributed by atoms with E-state index in [0.29, 0.717) is 22.2 Å². The summed E-state index contributed by atoms with van der Waals surface area (Å²) in [5.74, 6) is -1.26. The van der Waals surface area contributed by atoms with Crippen molar-refractivity contribution in [2.24, 2.45) is 7.05 Å². The number of halogens is 1. The Hall–Kier alpha value is -4.07. The van der Waals surface area contributed by atoms with Gasteiger partial charge >= 0.3 is 5.69 Å². The number of hydrogen-bond donors (Lipinski definition) is 2. The van der Waals surface area contributed by atoms with Gasteiger partial charge in [0.25, 0.3) is 5.56 Å². The molecule has 0 saturated carbocycles. The minimum atomic E-state index is -0.861. The molecule has 0 spiro atoms. The van der Waals surface area contributed by atoms with E-state index in [1.54, 1.807) is 36.4 Å². The third-order valence-electron chi connectivity index (χ3n) is 4.70. The fraction of sp³-hybridized carbons (Fsp3) is 0.0476. The number of hydrogen-bond acceptors (Lipinski definition) is 5. The predicted molar refractivity (Wildman–Crippen MR) is 107 cm³/mol. The first-order valence-corrected chi connectivity index (χ1v) is 8.66. The molecule has 0 saturated heterocycles. The standard InChI is InChI=1S/C21H15FN4O3/c1-26-19(23)17(20(28)25-21(26)29)18(27)14-10-16(11-6-8-12(22)9-7-11)24-15-5-3-2-4-13(14)15/h2-10H,23H2,1H3,(H,25,28,29). The second-order valence-electron chi connectivity index (χ2n) is 6.49. The summed E-state index contributed by atoms with van der Waals surface area (Å²) in [6.45, 7) is 0. The predicted octanol–water partition coefficient (Wildman–Crippen LogP) is 2.24. The number of nitrogens with two attached hydrogens (primary N) is 1. The molecule has 29 heavy (non-hydrogen) atoms. The van der Waals surface area contributed by atoms with Gasteiger partial charge in [-0.15, -0.1) is 0 Å². The van der Waals surface area contributed by atoms with Crippen molar-refractivity contribution in [3.05, 3.63) is 92.4 Å². The summed E-state index contributed by atoms with van der Waals surface area (Å²) >= 11 is 0. The number of nitrogen functional groups attached to an aromatic ring is 1. The summed E-state index contributed by atoms with van der Waals surface area (Å²) in [4.78, 5) is 44.0. The number of ketones is 1. The van der Waals surface area contributed by atoms with Crippen molar-refractivity contribution < 1.29 is 9.18 Å². The van der Waals surface area contributed by atoms with Crippen LogP contribution in [0.4, 0.5) is 10.2 Å². The van der Waals surface area contributed by atoms with Gasteiger partial charge in [0, 0.05) is 23.6 Å². The quantitative estimate of drug-likeness (QED) is 0.521. The first kappa shape index (κ1) is 18.3. The Balaban J connectivity index is 2.00. The molecule has 2 heterocycles. The minimum absolute atomic E-state index is 0.200. The van der Waals surface area contributed by atoms with Gasteiger partial charge in [0.2, 0.25) is 5.78 Å². The summed E-state index contributed by atoms with van der Waals surface area (Å²) in [5.41, 5.74) is 5.77. The van der Waals surface area contributed by atoms with Crippen LogP contribution in [0.1, 0.15) is 15.9 Å². The van der Waals surface area contributed by atoms with E-state index >= 15 is 0 Å². The number of carbonyl (C=O) groups excluding carboxylic acids is 1. The van der Waals surface area contributed by atoms with E-state index in [-0.39, 0.29) is 16.9 Å². The van der Waals surface area contributed by atoms with Gasteiger partial charge in [-0.25, -0.2) is 14.2 Å².